The molecule has 0 radical (unpaired) electrons. The van der Waals surface area contributed by atoms with E-state index in [2.05, 4.69) is 0 Å². The summed E-state index contributed by atoms with van der Waals surface area (Å²) in [5.74, 6) is -0.773. The van der Waals surface area contributed by atoms with E-state index in [9.17, 15) is 4.79 Å². The summed E-state index contributed by atoms with van der Waals surface area (Å²) < 4.78 is 0. The third-order valence-electron chi connectivity index (χ3n) is 0.595. The molecule has 0 aliphatic carbocycles. The second-order valence-electron chi connectivity index (χ2n) is 1.29. The van der Waals surface area contributed by atoms with Gasteiger partial charge in [-0.15, -0.1) is 0 Å². The van der Waals surface area contributed by atoms with Gasteiger partial charge in [0.2, 0.25) is 0 Å². The van der Waals surface area contributed by atoms with Gasteiger partial charge in [0, 0.05) is 6.42 Å². The Morgan fingerprint density at radius 3 is 2.25 bits per heavy atom. The van der Waals surface area contributed by atoms with Gasteiger partial charge in [0.1, 0.15) is 0 Å². The van der Waals surface area contributed by atoms with Crippen LogP contribution in [0.25, 0.3) is 0 Å². The average Bonchev–Trinajstić information content (AvgIpc) is 1.61. The number of carboxylic acids is 1. The molecule has 3 nitrogen and oxygen atoms in total. The maximum atomic E-state index is 9.70. The Morgan fingerprint density at radius 2 is 2.12 bits per heavy atom. The maximum absolute atomic E-state index is 9.70. The number of aliphatic carboxylic acids is 1. The van der Waals surface area contributed by atoms with E-state index in [0.717, 1.165) is 0 Å². The Morgan fingerprint density at radius 1 is 1.62 bits per heavy atom. The fourth-order valence-corrected chi connectivity index (χ4v) is 0.253. The van der Waals surface area contributed by atoms with Crippen molar-refractivity contribution in [3.05, 3.63) is 0 Å². The SMILES string of the molecule is NCCCC(=O)O.[Ge+4]. The Kier molecular flexibility index (Phi) is 9.47. The van der Waals surface area contributed by atoms with Crippen LogP contribution in [0.15, 0.2) is 0 Å². The van der Waals surface area contributed by atoms with E-state index in [-0.39, 0.29) is 24.0 Å². The second kappa shape index (κ2) is 6.97. The van der Waals surface area contributed by atoms with Crippen molar-refractivity contribution in [2.24, 2.45) is 5.73 Å². The first-order chi connectivity index (χ1) is 3.27. The van der Waals surface area contributed by atoms with Crippen LogP contribution in [-0.2, 0) is 4.79 Å². The monoisotopic (exact) mass is 177 g/mol. The minimum absolute atomic E-state index is 0. The van der Waals surface area contributed by atoms with Crippen molar-refractivity contribution in [2.75, 3.05) is 6.54 Å². The van der Waals surface area contributed by atoms with Crippen LogP contribution in [0.2, 0.25) is 0 Å². The molecule has 0 rings (SSSR count). The summed E-state index contributed by atoms with van der Waals surface area (Å²) in [4.78, 5) is 9.70. The first-order valence-electron chi connectivity index (χ1n) is 2.19. The van der Waals surface area contributed by atoms with E-state index in [1.54, 1.807) is 0 Å². The Balaban J connectivity index is 0. The van der Waals surface area contributed by atoms with Gasteiger partial charge in [-0.3, -0.25) is 4.79 Å². The fourth-order valence-electron chi connectivity index (χ4n) is 0.253. The minimum Gasteiger partial charge on any atom is -0.481 e. The summed E-state index contributed by atoms with van der Waals surface area (Å²) in [7, 11) is 0. The summed E-state index contributed by atoms with van der Waals surface area (Å²) in [6.07, 6.45) is 0.770. The van der Waals surface area contributed by atoms with Crippen molar-refractivity contribution in [3.8, 4) is 0 Å². The van der Waals surface area contributed by atoms with Crippen LogP contribution in [0, 0.1) is 0 Å². The molecule has 0 saturated heterocycles. The van der Waals surface area contributed by atoms with Crippen molar-refractivity contribution in [1.82, 2.24) is 0 Å². The predicted molar refractivity (Wildman–Crippen MR) is 31.7 cm³/mol. The van der Waals surface area contributed by atoms with E-state index in [1.165, 1.54) is 0 Å². The fraction of sp³-hybridized carbons (Fsp3) is 0.750. The summed E-state index contributed by atoms with van der Waals surface area (Å²) in [5, 5.41) is 7.99. The number of hydrogen-bond donors (Lipinski definition) is 2. The Labute approximate surface area is 59.2 Å². The molecule has 42 valence electrons. The molecule has 0 unspecified atom stereocenters. The number of hydrogen-bond acceptors (Lipinski definition) is 2. The van der Waals surface area contributed by atoms with E-state index >= 15 is 0 Å². The Bertz CT molecular complexity index is 67.1. The average molecular weight is 176 g/mol. The summed E-state index contributed by atoms with van der Waals surface area (Å²) in [6.45, 7) is 0.465. The molecule has 0 aliphatic heterocycles. The summed E-state index contributed by atoms with van der Waals surface area (Å²) in [6, 6.07) is 0. The van der Waals surface area contributed by atoms with Gasteiger partial charge < -0.3 is 10.8 Å². The standard InChI is InChI=1S/C4H9NO2.Ge/c5-3-1-2-4(6)7;/h1-3,5H2,(H,6,7);/q;+4. The van der Waals surface area contributed by atoms with Crippen LogP contribution < -0.4 is 5.73 Å². The zero-order valence-electron chi connectivity index (χ0n) is 4.55. The smallest absolute Gasteiger partial charge is 0.481 e. The summed E-state index contributed by atoms with van der Waals surface area (Å²) in [5.41, 5.74) is 5.01. The van der Waals surface area contributed by atoms with E-state index in [0.29, 0.717) is 13.0 Å². The zero-order chi connectivity index (χ0) is 5.70. The molecule has 0 atom stereocenters. The van der Waals surface area contributed by atoms with Crippen molar-refractivity contribution >= 4 is 23.6 Å². The normalized spacial score (nSPS) is 7.62. The molecule has 0 aliphatic rings. The second-order valence-corrected chi connectivity index (χ2v) is 1.29. The number of carboxylic acid groups (broad SMARTS) is 1. The largest absolute Gasteiger partial charge is 4.00 e. The summed E-state index contributed by atoms with van der Waals surface area (Å²) >= 11 is 0. The molecule has 0 aromatic carbocycles. The molecule has 0 aromatic heterocycles. The molecular weight excluding hydrogens is 167 g/mol. The predicted octanol–water partition coefficient (Wildman–Crippen LogP) is -0.571. The molecule has 3 N–H and O–H groups in total. The number of carbonyl (C=O) groups is 1. The Hall–Kier alpha value is -0.0271. The molecular formula is C4H9GeNO2+4. The number of rotatable bonds is 3. The zero-order valence-corrected chi connectivity index (χ0v) is 6.65. The molecule has 0 amide bonds. The molecule has 0 bridgehead atoms. The molecule has 4 heteroatoms. The van der Waals surface area contributed by atoms with Crippen LogP contribution in [-0.4, -0.2) is 35.2 Å². The van der Waals surface area contributed by atoms with Crippen molar-refractivity contribution in [2.45, 2.75) is 12.8 Å². The van der Waals surface area contributed by atoms with Gasteiger partial charge in [0.15, 0.2) is 0 Å². The van der Waals surface area contributed by atoms with Gasteiger partial charge in [0.05, 0.1) is 0 Å². The first kappa shape index (κ1) is 10.9. The quantitative estimate of drug-likeness (QED) is 0.565. The van der Waals surface area contributed by atoms with Crippen LogP contribution in [0.1, 0.15) is 12.8 Å². The van der Waals surface area contributed by atoms with E-state index in [1.807, 2.05) is 0 Å². The van der Waals surface area contributed by atoms with Gasteiger partial charge in [-0.05, 0) is 13.0 Å². The third-order valence-corrected chi connectivity index (χ3v) is 0.595. The van der Waals surface area contributed by atoms with Gasteiger partial charge in [0.25, 0.3) is 0 Å². The van der Waals surface area contributed by atoms with Crippen molar-refractivity contribution < 1.29 is 9.90 Å². The maximum Gasteiger partial charge on any atom is 4.00 e. The molecule has 0 heterocycles. The van der Waals surface area contributed by atoms with Gasteiger partial charge in [-0.1, -0.05) is 0 Å². The van der Waals surface area contributed by atoms with Crippen molar-refractivity contribution in [3.63, 3.8) is 0 Å². The van der Waals surface area contributed by atoms with Crippen LogP contribution in [0.4, 0.5) is 0 Å². The van der Waals surface area contributed by atoms with Crippen molar-refractivity contribution in [1.29, 1.82) is 0 Å². The van der Waals surface area contributed by atoms with Gasteiger partial charge in [-0.25, -0.2) is 0 Å². The van der Waals surface area contributed by atoms with Crippen LogP contribution in [0.5, 0.6) is 0 Å². The number of nitrogens with two attached hydrogens (primary N) is 1. The van der Waals surface area contributed by atoms with E-state index in [4.69, 9.17) is 10.8 Å². The topological polar surface area (TPSA) is 63.3 Å². The third kappa shape index (κ3) is 9.36. The molecule has 0 aromatic rings. The van der Waals surface area contributed by atoms with E-state index < -0.39 is 5.97 Å². The molecule has 0 fully saturated rings. The molecule has 8 heavy (non-hydrogen) atoms. The molecule has 0 spiro atoms. The van der Waals surface area contributed by atoms with Crippen LogP contribution >= 0.6 is 0 Å². The van der Waals surface area contributed by atoms with Gasteiger partial charge >= 0.3 is 23.6 Å². The minimum atomic E-state index is -0.773. The first-order valence-corrected chi connectivity index (χ1v) is 2.19. The van der Waals surface area contributed by atoms with Crippen LogP contribution in [0.3, 0.4) is 0 Å². The molecule has 0 saturated carbocycles. The van der Waals surface area contributed by atoms with Gasteiger partial charge in [-0.2, -0.15) is 0 Å².